The molecule has 0 unspecified atom stereocenters. The van der Waals surface area contributed by atoms with Crippen LogP contribution in [0, 0.1) is 5.92 Å². The first-order chi connectivity index (χ1) is 14.8. The molecule has 4 rings (SSSR count). The maximum absolute atomic E-state index is 13.2. The fourth-order valence-electron chi connectivity index (χ4n) is 3.67. The molecule has 1 aromatic carbocycles. The van der Waals surface area contributed by atoms with Gasteiger partial charge in [-0.3, -0.25) is 9.59 Å². The van der Waals surface area contributed by atoms with Crippen LogP contribution >= 0.6 is 0 Å². The molecule has 1 fully saturated rings. The van der Waals surface area contributed by atoms with Crippen LogP contribution in [-0.4, -0.2) is 48.4 Å². The van der Waals surface area contributed by atoms with E-state index < -0.39 is 17.6 Å². The average Bonchev–Trinajstić information content (AvgIpc) is 3.30. The van der Waals surface area contributed by atoms with Crippen LogP contribution < -0.4 is 5.56 Å². The van der Waals surface area contributed by atoms with Gasteiger partial charge in [0.2, 0.25) is 0 Å². The third kappa shape index (κ3) is 4.49. The highest BCUT2D eigenvalue weighted by Crippen LogP contribution is 2.33. The maximum Gasteiger partial charge on any atom is 0.417 e. The average molecular weight is 432 g/mol. The summed E-state index contributed by atoms with van der Waals surface area (Å²) in [6.45, 7) is 0.975. The highest BCUT2D eigenvalue weighted by atomic mass is 19.4. The molecule has 1 amide bonds. The number of benzene rings is 1. The number of likely N-dealkylation sites (tertiary alicyclic amines) is 1. The second-order valence-corrected chi connectivity index (χ2v) is 7.33. The van der Waals surface area contributed by atoms with E-state index in [2.05, 4.69) is 15.2 Å². The number of halogens is 3. The molecule has 0 N–H and O–H groups in total. The number of aromatic nitrogens is 5. The Labute approximate surface area is 174 Å². The van der Waals surface area contributed by atoms with Gasteiger partial charge >= 0.3 is 6.18 Å². The van der Waals surface area contributed by atoms with Crippen molar-refractivity contribution in [3.63, 3.8) is 0 Å². The number of piperidine rings is 1. The van der Waals surface area contributed by atoms with Crippen molar-refractivity contribution >= 4 is 5.91 Å². The first kappa shape index (κ1) is 20.8. The number of carbonyl (C=O) groups excluding carboxylic acids is 1. The Morgan fingerprint density at radius 3 is 2.52 bits per heavy atom. The summed E-state index contributed by atoms with van der Waals surface area (Å²) in [4.78, 5) is 30.2. The van der Waals surface area contributed by atoms with Crippen molar-refractivity contribution in [2.24, 2.45) is 5.92 Å². The van der Waals surface area contributed by atoms with Crippen molar-refractivity contribution in [1.82, 2.24) is 29.4 Å². The number of hydrogen-bond acceptors (Lipinski definition) is 5. The lowest BCUT2D eigenvalue weighted by atomic mass is 9.95. The van der Waals surface area contributed by atoms with Crippen molar-refractivity contribution in [3.8, 4) is 5.82 Å². The zero-order valence-electron chi connectivity index (χ0n) is 16.4. The lowest BCUT2D eigenvalue weighted by molar-refractivity contribution is -0.138. The maximum atomic E-state index is 13.2. The standard InChI is InChI=1S/C20H19F3N6O2/c21-20(22,23)16-4-2-1-3-15(16)19(31)27-9-7-14(8-10-27)11-28-18(30)6-5-17(26-28)29-13-24-12-25-29/h1-6,12-14H,7-11H2. The molecular formula is C20H19F3N6O2. The van der Waals surface area contributed by atoms with Crippen LogP contribution in [0.5, 0.6) is 0 Å². The van der Waals surface area contributed by atoms with Crippen LogP contribution in [0.4, 0.5) is 13.2 Å². The number of carbonyl (C=O) groups is 1. The quantitative estimate of drug-likeness (QED) is 0.632. The third-order valence-corrected chi connectivity index (χ3v) is 5.30. The molecule has 0 bridgehead atoms. The fraction of sp³-hybridized carbons (Fsp3) is 0.350. The molecule has 11 heteroatoms. The largest absolute Gasteiger partial charge is 0.417 e. The zero-order valence-corrected chi connectivity index (χ0v) is 16.4. The SMILES string of the molecule is O=C(c1ccccc1C(F)(F)F)N1CCC(Cn2nc(-n3cncn3)ccc2=O)CC1. The predicted molar refractivity (Wildman–Crippen MR) is 103 cm³/mol. The Kier molecular flexibility index (Phi) is 5.57. The van der Waals surface area contributed by atoms with E-state index in [0.717, 1.165) is 6.07 Å². The van der Waals surface area contributed by atoms with Crippen LogP contribution in [0.25, 0.3) is 5.82 Å². The Hall–Kier alpha value is -3.50. The summed E-state index contributed by atoms with van der Waals surface area (Å²) in [5.74, 6) is -0.110. The zero-order chi connectivity index (χ0) is 22.0. The van der Waals surface area contributed by atoms with Gasteiger partial charge in [0.25, 0.3) is 11.5 Å². The van der Waals surface area contributed by atoms with E-state index in [-0.39, 0.29) is 17.0 Å². The van der Waals surface area contributed by atoms with Crippen LogP contribution in [-0.2, 0) is 12.7 Å². The van der Waals surface area contributed by atoms with Crippen LogP contribution in [0.1, 0.15) is 28.8 Å². The van der Waals surface area contributed by atoms with Crippen LogP contribution in [0.15, 0.2) is 53.8 Å². The molecule has 31 heavy (non-hydrogen) atoms. The molecule has 8 nitrogen and oxygen atoms in total. The van der Waals surface area contributed by atoms with Crippen molar-refractivity contribution in [2.45, 2.75) is 25.6 Å². The molecule has 2 aromatic heterocycles. The summed E-state index contributed by atoms with van der Waals surface area (Å²) in [6, 6.07) is 7.76. The lowest BCUT2D eigenvalue weighted by Gasteiger charge is -2.32. The monoisotopic (exact) mass is 432 g/mol. The van der Waals surface area contributed by atoms with Crippen molar-refractivity contribution in [2.75, 3.05) is 13.1 Å². The summed E-state index contributed by atoms with van der Waals surface area (Å²) in [7, 11) is 0. The normalized spacial score (nSPS) is 15.3. The van der Waals surface area contributed by atoms with Gasteiger partial charge in [0, 0.05) is 25.7 Å². The van der Waals surface area contributed by atoms with Gasteiger partial charge < -0.3 is 4.90 Å². The highest BCUT2D eigenvalue weighted by molar-refractivity contribution is 5.96. The Bertz CT molecular complexity index is 1120. The molecule has 0 atom stereocenters. The second-order valence-electron chi connectivity index (χ2n) is 7.33. The van der Waals surface area contributed by atoms with E-state index in [9.17, 15) is 22.8 Å². The Balaban J connectivity index is 1.43. The lowest BCUT2D eigenvalue weighted by Crippen LogP contribution is -2.41. The summed E-state index contributed by atoms with van der Waals surface area (Å²) < 4.78 is 42.5. The van der Waals surface area contributed by atoms with Gasteiger partial charge in [-0.25, -0.2) is 14.3 Å². The third-order valence-electron chi connectivity index (χ3n) is 5.30. The van der Waals surface area contributed by atoms with Gasteiger partial charge in [-0.1, -0.05) is 12.1 Å². The molecule has 0 aliphatic carbocycles. The molecule has 3 heterocycles. The van der Waals surface area contributed by atoms with E-state index in [1.54, 1.807) is 6.07 Å². The van der Waals surface area contributed by atoms with Gasteiger partial charge in [0.05, 0.1) is 11.1 Å². The minimum Gasteiger partial charge on any atom is -0.339 e. The highest BCUT2D eigenvalue weighted by Gasteiger charge is 2.36. The van der Waals surface area contributed by atoms with Crippen LogP contribution in [0.2, 0.25) is 0 Å². The molecule has 1 aliphatic heterocycles. The van der Waals surface area contributed by atoms with E-state index in [1.165, 1.54) is 51.2 Å². The number of alkyl halides is 3. The summed E-state index contributed by atoms with van der Waals surface area (Å²) in [6.07, 6.45) is -0.642. The molecule has 3 aromatic rings. The number of nitrogens with zero attached hydrogens (tertiary/aromatic N) is 6. The Morgan fingerprint density at radius 1 is 1.10 bits per heavy atom. The first-order valence-corrected chi connectivity index (χ1v) is 9.71. The van der Waals surface area contributed by atoms with Crippen molar-refractivity contribution in [1.29, 1.82) is 0 Å². The number of rotatable bonds is 4. The van der Waals surface area contributed by atoms with Gasteiger partial charge in [-0.2, -0.15) is 18.3 Å². The Morgan fingerprint density at radius 2 is 1.84 bits per heavy atom. The van der Waals surface area contributed by atoms with Gasteiger partial charge in [0.15, 0.2) is 5.82 Å². The van der Waals surface area contributed by atoms with E-state index in [4.69, 9.17) is 0 Å². The molecule has 0 saturated carbocycles. The second kappa shape index (κ2) is 8.32. The molecule has 162 valence electrons. The van der Waals surface area contributed by atoms with Crippen molar-refractivity contribution in [3.05, 3.63) is 70.5 Å². The summed E-state index contributed by atoms with van der Waals surface area (Å²) in [5.41, 5.74) is -1.53. The van der Waals surface area contributed by atoms with E-state index >= 15 is 0 Å². The fourth-order valence-corrected chi connectivity index (χ4v) is 3.67. The molecule has 1 saturated heterocycles. The smallest absolute Gasteiger partial charge is 0.339 e. The molecule has 1 aliphatic rings. The molecule has 0 spiro atoms. The molecule has 0 radical (unpaired) electrons. The number of hydrogen-bond donors (Lipinski definition) is 0. The molecular weight excluding hydrogens is 413 g/mol. The topological polar surface area (TPSA) is 85.9 Å². The van der Waals surface area contributed by atoms with E-state index in [0.29, 0.717) is 38.3 Å². The van der Waals surface area contributed by atoms with Gasteiger partial charge in [0.1, 0.15) is 12.7 Å². The van der Waals surface area contributed by atoms with Crippen LogP contribution in [0.3, 0.4) is 0 Å². The van der Waals surface area contributed by atoms with Gasteiger partial charge in [-0.05, 0) is 37.0 Å². The minimum atomic E-state index is -4.59. The first-order valence-electron chi connectivity index (χ1n) is 9.71. The summed E-state index contributed by atoms with van der Waals surface area (Å²) in [5, 5.41) is 8.30. The van der Waals surface area contributed by atoms with E-state index in [1.807, 2.05) is 0 Å². The minimum absolute atomic E-state index is 0.0677. The number of amides is 1. The summed E-state index contributed by atoms with van der Waals surface area (Å²) >= 11 is 0. The predicted octanol–water partition coefficient (Wildman–Crippen LogP) is 2.40. The van der Waals surface area contributed by atoms with Crippen molar-refractivity contribution < 1.29 is 18.0 Å². The van der Waals surface area contributed by atoms with Gasteiger partial charge in [-0.15, -0.1) is 5.10 Å².